The predicted molar refractivity (Wildman–Crippen MR) is 88.2 cm³/mol. The Bertz CT molecular complexity index is 782. The molecule has 1 aromatic heterocycles. The molecule has 5 heteroatoms. The van der Waals surface area contributed by atoms with E-state index in [0.29, 0.717) is 0 Å². The quantitative estimate of drug-likeness (QED) is 0.293. The number of halogens is 2. The van der Waals surface area contributed by atoms with E-state index in [0.717, 1.165) is 0 Å². The molecule has 0 aliphatic heterocycles. The zero-order valence-electron chi connectivity index (χ0n) is 13.6. The van der Waals surface area contributed by atoms with Gasteiger partial charge in [0.05, 0.1) is 6.33 Å². The number of imidazole rings is 1. The van der Waals surface area contributed by atoms with Crippen molar-refractivity contribution in [1.29, 1.82) is 0 Å². The Kier molecular flexibility index (Phi) is 9.95. The van der Waals surface area contributed by atoms with E-state index in [1.165, 1.54) is 27.6 Å². The van der Waals surface area contributed by atoms with Gasteiger partial charge in [-0.25, -0.2) is 17.1 Å². The van der Waals surface area contributed by atoms with E-state index in [1.807, 2.05) is 17.1 Å². The topological polar surface area (TPSA) is 17.8 Å². The van der Waals surface area contributed by atoms with Gasteiger partial charge in [0.1, 0.15) is 0 Å². The normalized spacial score (nSPS) is 9.08. The van der Waals surface area contributed by atoms with Crippen LogP contribution in [0.1, 0.15) is 11.1 Å². The fraction of sp³-hybridized carbons (Fsp3) is 0.105. The first-order valence-electron chi connectivity index (χ1n) is 7.07. The van der Waals surface area contributed by atoms with Crippen LogP contribution in [-0.4, -0.2) is 9.55 Å². The van der Waals surface area contributed by atoms with Crippen molar-refractivity contribution in [3.05, 3.63) is 84.4 Å². The van der Waals surface area contributed by atoms with Gasteiger partial charge in [-0.2, -0.15) is 17.2 Å². The van der Waals surface area contributed by atoms with E-state index in [-0.39, 0.29) is 46.5 Å². The van der Waals surface area contributed by atoms with Crippen molar-refractivity contribution in [3.63, 3.8) is 0 Å². The number of hydrogen-bond donors (Lipinski definition) is 0. The van der Waals surface area contributed by atoms with E-state index in [2.05, 4.69) is 73.4 Å². The third-order valence-electron chi connectivity index (χ3n) is 3.72. The van der Waals surface area contributed by atoms with Crippen molar-refractivity contribution < 1.29 is 46.5 Å². The molecule has 0 atom stereocenters. The molecule has 0 fully saturated rings. The van der Waals surface area contributed by atoms with Gasteiger partial charge in [0.15, 0.2) is 0 Å². The first-order valence-corrected chi connectivity index (χ1v) is 7.07. The third-order valence-corrected chi connectivity index (χ3v) is 3.72. The molecule has 1 heterocycles. The second-order valence-electron chi connectivity index (χ2n) is 5.20. The van der Waals surface area contributed by atoms with Crippen LogP contribution in [0.15, 0.2) is 73.3 Å². The first-order chi connectivity index (χ1) is 10.2. The average Bonchev–Trinajstić information content (AvgIpc) is 3.21. The van der Waals surface area contributed by atoms with Crippen LogP contribution in [-0.2, 0) is 21.7 Å². The van der Waals surface area contributed by atoms with Crippen molar-refractivity contribution in [3.8, 4) is 5.69 Å². The van der Waals surface area contributed by atoms with Crippen LogP contribution < -0.4 is 24.8 Å². The van der Waals surface area contributed by atoms with Gasteiger partial charge in [-0.15, -0.1) is 41.1 Å². The SMILES string of the molecule is Cc1ccc[c-]1C.[Cl-].[Cl-].[Ti+4].c1ccc2[cH-]c(-n3ccnc3)cc2c1. The van der Waals surface area contributed by atoms with Crippen molar-refractivity contribution in [2.45, 2.75) is 13.8 Å². The van der Waals surface area contributed by atoms with Crippen molar-refractivity contribution in [2.75, 3.05) is 0 Å². The summed E-state index contributed by atoms with van der Waals surface area (Å²) in [6, 6.07) is 19.0. The Morgan fingerprint density at radius 2 is 1.83 bits per heavy atom. The summed E-state index contributed by atoms with van der Waals surface area (Å²) >= 11 is 0. The van der Waals surface area contributed by atoms with Gasteiger partial charge in [0.25, 0.3) is 0 Å². The van der Waals surface area contributed by atoms with Gasteiger partial charge in [0.2, 0.25) is 0 Å². The maximum Gasteiger partial charge on any atom is 4.00 e. The Hall–Kier alpha value is -1.32. The fourth-order valence-corrected chi connectivity index (χ4v) is 2.29. The molecule has 4 rings (SSSR count). The molecular weight excluding hydrogens is 375 g/mol. The van der Waals surface area contributed by atoms with Crippen LogP contribution >= 0.6 is 0 Å². The van der Waals surface area contributed by atoms with E-state index in [4.69, 9.17) is 0 Å². The number of nitrogens with zero attached hydrogens (tertiary/aromatic N) is 2. The molecule has 3 aromatic carbocycles. The average molecular weight is 393 g/mol. The number of hydrogen-bond acceptors (Lipinski definition) is 1. The van der Waals surface area contributed by atoms with Gasteiger partial charge in [-0.1, -0.05) is 19.9 Å². The van der Waals surface area contributed by atoms with Gasteiger partial charge in [0, 0.05) is 12.4 Å². The van der Waals surface area contributed by atoms with E-state index in [9.17, 15) is 0 Å². The van der Waals surface area contributed by atoms with Crippen molar-refractivity contribution >= 4 is 10.8 Å². The standard InChI is InChI=1S/C12H9N2.C7H9.2ClH.Ti/c1-2-4-11-8-12(7-10(11)3-1)14-6-5-13-9-14;1-6-4-3-5-7(6)2;;;/h1-9H;3-5H,1-2H3;2*1H;/q2*-1;;;+4/p-2. The van der Waals surface area contributed by atoms with E-state index in [1.54, 1.807) is 6.20 Å². The number of aromatic nitrogens is 2. The van der Waals surface area contributed by atoms with Crippen LogP contribution in [0.3, 0.4) is 0 Å². The molecule has 0 amide bonds. The molecule has 0 unspecified atom stereocenters. The van der Waals surface area contributed by atoms with Gasteiger partial charge >= 0.3 is 21.7 Å². The Balaban J connectivity index is 0.000000463. The second-order valence-corrected chi connectivity index (χ2v) is 5.20. The zero-order chi connectivity index (χ0) is 14.7. The first kappa shape index (κ1) is 22.7. The number of benzene rings is 1. The smallest absolute Gasteiger partial charge is 1.00 e. The van der Waals surface area contributed by atoms with Gasteiger partial charge in [-0.05, 0) is 5.69 Å². The zero-order valence-corrected chi connectivity index (χ0v) is 16.7. The Labute approximate surface area is 170 Å². The molecule has 0 N–H and O–H groups in total. The molecule has 0 aliphatic rings. The van der Waals surface area contributed by atoms with Gasteiger partial charge in [-0.3, -0.25) is 0 Å². The molecule has 122 valence electrons. The summed E-state index contributed by atoms with van der Waals surface area (Å²) in [5, 5.41) is 2.55. The molecular formula is C19H18Cl2N2Ti. The molecule has 0 aliphatic carbocycles. The van der Waals surface area contributed by atoms with Crippen LogP contribution in [0, 0.1) is 13.8 Å². The molecule has 0 spiro atoms. The van der Waals surface area contributed by atoms with Crippen molar-refractivity contribution in [2.24, 2.45) is 0 Å². The summed E-state index contributed by atoms with van der Waals surface area (Å²) in [6.45, 7) is 4.24. The van der Waals surface area contributed by atoms with Crippen LogP contribution in [0.5, 0.6) is 0 Å². The minimum atomic E-state index is 0. The monoisotopic (exact) mass is 392 g/mol. The van der Waals surface area contributed by atoms with E-state index >= 15 is 0 Å². The van der Waals surface area contributed by atoms with Crippen LogP contribution in [0.4, 0.5) is 0 Å². The molecule has 0 saturated heterocycles. The maximum atomic E-state index is 4.03. The van der Waals surface area contributed by atoms with Gasteiger partial charge < -0.3 is 29.4 Å². The number of rotatable bonds is 1. The summed E-state index contributed by atoms with van der Waals surface area (Å²) in [7, 11) is 0. The third kappa shape index (κ3) is 5.36. The molecule has 2 nitrogen and oxygen atoms in total. The summed E-state index contributed by atoms with van der Waals surface area (Å²) < 4.78 is 2.01. The summed E-state index contributed by atoms with van der Waals surface area (Å²) in [5.74, 6) is 0. The molecule has 4 aromatic rings. The number of fused-ring (bicyclic) bond motifs is 1. The summed E-state index contributed by atoms with van der Waals surface area (Å²) in [6.07, 6.45) is 5.56. The molecule has 0 radical (unpaired) electrons. The minimum absolute atomic E-state index is 0. The van der Waals surface area contributed by atoms with E-state index < -0.39 is 0 Å². The minimum Gasteiger partial charge on any atom is -1.00 e. The largest absolute Gasteiger partial charge is 4.00 e. The van der Waals surface area contributed by atoms with Crippen molar-refractivity contribution in [1.82, 2.24) is 9.55 Å². The summed E-state index contributed by atoms with van der Waals surface area (Å²) in [5.41, 5.74) is 3.95. The number of aryl methyl sites for hydroxylation is 2. The summed E-state index contributed by atoms with van der Waals surface area (Å²) in [4.78, 5) is 4.03. The second kappa shape index (κ2) is 10.5. The van der Waals surface area contributed by atoms with Crippen LogP contribution in [0.25, 0.3) is 16.5 Å². The predicted octanol–water partition coefficient (Wildman–Crippen LogP) is -1.23. The molecule has 0 bridgehead atoms. The maximum absolute atomic E-state index is 4.03. The molecule has 0 saturated carbocycles. The Morgan fingerprint density at radius 3 is 2.33 bits per heavy atom. The fourth-order valence-electron chi connectivity index (χ4n) is 2.29. The Morgan fingerprint density at radius 1 is 1.08 bits per heavy atom. The molecule has 24 heavy (non-hydrogen) atoms. The van der Waals surface area contributed by atoms with Crippen LogP contribution in [0.2, 0.25) is 0 Å².